The highest BCUT2D eigenvalue weighted by molar-refractivity contribution is 5.24. The number of aryl methyl sites for hydroxylation is 2. The lowest BCUT2D eigenvalue weighted by atomic mass is 9.98. The first kappa shape index (κ1) is 40.9. The van der Waals surface area contributed by atoms with Crippen LogP contribution in [-0.2, 0) is 14.1 Å². The molecule has 4 rings (SSSR count). The van der Waals surface area contributed by atoms with E-state index in [1.54, 1.807) is 0 Å². The zero-order chi connectivity index (χ0) is 35.5. The van der Waals surface area contributed by atoms with Crippen LogP contribution in [0.25, 0.3) is 0 Å². The largest absolute Gasteiger partial charge is 0.332 e. The summed E-state index contributed by atoms with van der Waals surface area (Å²) < 4.78 is 8.40. The van der Waals surface area contributed by atoms with Gasteiger partial charge < -0.3 is 9.13 Å². The van der Waals surface area contributed by atoms with Crippen molar-refractivity contribution in [1.29, 1.82) is 0 Å². The number of nitrogens with zero attached hydrogens (tertiary/aromatic N) is 8. The molecule has 4 heterocycles. The van der Waals surface area contributed by atoms with E-state index >= 15 is 0 Å². The van der Waals surface area contributed by atoms with Crippen LogP contribution in [0, 0.1) is 0 Å². The highest BCUT2D eigenvalue weighted by atomic mass is 15.3. The minimum atomic E-state index is 0.521. The lowest BCUT2D eigenvalue weighted by Gasteiger charge is -2.13. The fourth-order valence-corrected chi connectivity index (χ4v) is 5.65. The van der Waals surface area contributed by atoms with Crippen molar-refractivity contribution in [3.05, 3.63) is 71.3 Å². The molecule has 0 aliphatic rings. The molecule has 0 N–H and O–H groups in total. The van der Waals surface area contributed by atoms with Crippen molar-refractivity contribution in [2.45, 2.75) is 158 Å². The van der Waals surface area contributed by atoms with Crippen LogP contribution in [0.15, 0.2) is 37.2 Å². The lowest BCUT2D eigenvalue weighted by Crippen LogP contribution is -2.06. The van der Waals surface area contributed by atoms with E-state index in [0.29, 0.717) is 47.6 Å². The molecule has 46 heavy (non-hydrogen) atoms. The zero-order valence-corrected chi connectivity index (χ0v) is 32.7. The van der Waals surface area contributed by atoms with Crippen molar-refractivity contribution < 1.29 is 0 Å². The molecule has 0 bridgehead atoms. The monoisotopic (exact) mass is 637 g/mol. The van der Waals surface area contributed by atoms with Crippen LogP contribution >= 0.6 is 0 Å². The molecule has 0 aliphatic carbocycles. The lowest BCUT2D eigenvalue weighted by molar-refractivity contribution is 0.550. The van der Waals surface area contributed by atoms with Crippen LogP contribution in [-0.4, -0.2) is 38.7 Å². The molecule has 0 radical (unpaired) electrons. The molecule has 260 valence electrons. The third-order valence-corrected chi connectivity index (χ3v) is 7.91. The van der Waals surface area contributed by atoms with Gasteiger partial charge in [0.15, 0.2) is 0 Å². The van der Waals surface area contributed by atoms with Gasteiger partial charge in [0.2, 0.25) is 0 Å². The maximum absolute atomic E-state index is 4.30. The van der Waals surface area contributed by atoms with Gasteiger partial charge in [-0.1, -0.05) is 83.1 Å². The first-order valence-electron chi connectivity index (χ1n) is 17.4. The average molecular weight is 637 g/mol. The summed E-state index contributed by atoms with van der Waals surface area (Å²) in [6.07, 6.45) is 11.8. The summed E-state index contributed by atoms with van der Waals surface area (Å²) in [6.45, 7) is 35.1. The molecular formula is C38H68N8. The van der Waals surface area contributed by atoms with E-state index in [1.165, 1.54) is 34.2 Å². The number of rotatable bonds is 8. The van der Waals surface area contributed by atoms with E-state index in [2.05, 4.69) is 140 Å². The summed E-state index contributed by atoms with van der Waals surface area (Å²) >= 11 is 0. The minimum Gasteiger partial charge on any atom is -0.332 e. The molecule has 0 saturated carbocycles. The average Bonchev–Trinajstić information content (AvgIpc) is 3.74. The zero-order valence-electron chi connectivity index (χ0n) is 32.7. The van der Waals surface area contributed by atoms with Crippen molar-refractivity contribution in [2.24, 2.45) is 14.1 Å². The second-order valence-electron chi connectivity index (χ2n) is 14.7. The van der Waals surface area contributed by atoms with Gasteiger partial charge in [0, 0.05) is 74.2 Å². The van der Waals surface area contributed by atoms with Gasteiger partial charge in [0.05, 0.1) is 12.4 Å². The summed E-state index contributed by atoms with van der Waals surface area (Å²) in [5.41, 5.74) is 5.50. The molecule has 0 aliphatic heterocycles. The van der Waals surface area contributed by atoms with E-state index in [9.17, 15) is 0 Å². The molecule has 0 fully saturated rings. The Morgan fingerprint density at radius 1 is 0.435 bits per heavy atom. The van der Waals surface area contributed by atoms with Crippen LogP contribution in [0.1, 0.15) is 193 Å². The van der Waals surface area contributed by atoms with Gasteiger partial charge in [-0.25, -0.2) is 9.97 Å². The Kier molecular flexibility index (Phi) is 16.7. The SMILES string of the molecule is CC(C)c1cnn(C)c1C(C)C.CC(C)c1cnn(C)c1C(C)C.CC(C)c1nccn1C(C)C.CC(C)c1nccn1C(C)C. The van der Waals surface area contributed by atoms with Crippen molar-refractivity contribution >= 4 is 0 Å². The molecule has 8 nitrogen and oxygen atoms in total. The molecule has 0 saturated heterocycles. The van der Waals surface area contributed by atoms with Gasteiger partial charge in [-0.05, 0) is 62.5 Å². The number of hydrogen-bond acceptors (Lipinski definition) is 4. The number of aromatic nitrogens is 8. The summed E-state index contributed by atoms with van der Waals surface area (Å²) in [4.78, 5) is 8.60. The smallest absolute Gasteiger partial charge is 0.111 e. The van der Waals surface area contributed by atoms with Crippen LogP contribution in [0.4, 0.5) is 0 Å². The third-order valence-electron chi connectivity index (χ3n) is 7.91. The Morgan fingerprint density at radius 2 is 0.739 bits per heavy atom. The Balaban J connectivity index is 0.000000307. The second-order valence-corrected chi connectivity index (χ2v) is 14.7. The maximum atomic E-state index is 4.30. The summed E-state index contributed by atoms with van der Waals surface area (Å²) in [5, 5.41) is 8.55. The molecule has 0 aromatic carbocycles. The van der Waals surface area contributed by atoms with E-state index < -0.39 is 0 Å². The molecule has 0 atom stereocenters. The predicted octanol–water partition coefficient (Wildman–Crippen LogP) is 10.5. The van der Waals surface area contributed by atoms with E-state index in [1.807, 2.05) is 60.6 Å². The summed E-state index contributed by atoms with van der Waals surface area (Å²) in [5.74, 6) is 5.69. The van der Waals surface area contributed by atoms with Crippen molar-refractivity contribution in [3.63, 3.8) is 0 Å². The predicted molar refractivity (Wildman–Crippen MR) is 196 cm³/mol. The van der Waals surface area contributed by atoms with Crippen molar-refractivity contribution in [3.8, 4) is 0 Å². The Morgan fingerprint density at radius 3 is 0.913 bits per heavy atom. The van der Waals surface area contributed by atoms with Crippen molar-refractivity contribution in [1.82, 2.24) is 38.7 Å². The minimum absolute atomic E-state index is 0.521. The topological polar surface area (TPSA) is 71.3 Å². The quantitative estimate of drug-likeness (QED) is 0.193. The molecule has 8 heteroatoms. The molecule has 0 unspecified atom stereocenters. The highest BCUT2D eigenvalue weighted by Gasteiger charge is 2.15. The number of hydrogen-bond donors (Lipinski definition) is 0. The number of imidazole rings is 2. The second kappa shape index (κ2) is 18.9. The van der Waals surface area contributed by atoms with Gasteiger partial charge in [-0.15, -0.1) is 0 Å². The van der Waals surface area contributed by atoms with Crippen LogP contribution in [0.3, 0.4) is 0 Å². The Hall–Kier alpha value is -3.16. The maximum Gasteiger partial charge on any atom is 0.111 e. The highest BCUT2D eigenvalue weighted by Crippen LogP contribution is 2.26. The van der Waals surface area contributed by atoms with Gasteiger partial charge in [0.25, 0.3) is 0 Å². The van der Waals surface area contributed by atoms with Crippen LogP contribution in [0.2, 0.25) is 0 Å². The Labute approximate surface area is 282 Å². The van der Waals surface area contributed by atoms with E-state index in [0.717, 1.165) is 0 Å². The fraction of sp³-hybridized carbons (Fsp3) is 0.684. The fourth-order valence-electron chi connectivity index (χ4n) is 5.65. The van der Waals surface area contributed by atoms with Crippen LogP contribution in [0.5, 0.6) is 0 Å². The third kappa shape index (κ3) is 11.6. The normalized spacial score (nSPS) is 11.5. The first-order valence-corrected chi connectivity index (χ1v) is 17.4. The summed E-state index contributed by atoms with van der Waals surface area (Å²) in [7, 11) is 4.03. The van der Waals surface area contributed by atoms with Gasteiger partial charge in [-0.3, -0.25) is 9.36 Å². The van der Waals surface area contributed by atoms with Gasteiger partial charge in [0.1, 0.15) is 11.6 Å². The van der Waals surface area contributed by atoms with Gasteiger partial charge >= 0.3 is 0 Å². The van der Waals surface area contributed by atoms with E-state index in [4.69, 9.17) is 0 Å². The molecular weight excluding hydrogens is 568 g/mol. The summed E-state index contributed by atoms with van der Waals surface area (Å²) in [6, 6.07) is 1.05. The molecule has 4 aromatic rings. The molecule has 0 spiro atoms. The molecule has 0 amide bonds. The van der Waals surface area contributed by atoms with Crippen LogP contribution < -0.4 is 0 Å². The van der Waals surface area contributed by atoms with E-state index in [-0.39, 0.29) is 0 Å². The van der Waals surface area contributed by atoms with Gasteiger partial charge in [-0.2, -0.15) is 10.2 Å². The van der Waals surface area contributed by atoms with Crippen molar-refractivity contribution in [2.75, 3.05) is 0 Å². The molecule has 4 aromatic heterocycles. The Bertz CT molecular complexity index is 1240. The first-order chi connectivity index (χ1) is 21.3. The standard InChI is InChI=1S/2C10H18N2.2C9H16N2/c2*1-7(2)9-6-11-12(5)10(9)8(3)4;2*1-7(2)9-10-5-6-11(9)8(3)4/h2*6-8H,1-5H3;2*5-8H,1-4H3.